The summed E-state index contributed by atoms with van der Waals surface area (Å²) in [5.74, 6) is 0.0196. The number of ketones is 1. The van der Waals surface area contributed by atoms with Crippen molar-refractivity contribution < 1.29 is 10.0 Å². The van der Waals surface area contributed by atoms with Gasteiger partial charge in [-0.3, -0.25) is 20.9 Å². The van der Waals surface area contributed by atoms with Gasteiger partial charge in [-0.25, -0.2) is 0 Å². The van der Waals surface area contributed by atoms with Crippen LogP contribution in [0.3, 0.4) is 0 Å². The van der Waals surface area contributed by atoms with Gasteiger partial charge in [0.1, 0.15) is 0 Å². The van der Waals surface area contributed by atoms with Crippen molar-refractivity contribution in [3.05, 3.63) is 51.8 Å². The Morgan fingerprint density at radius 3 is 2.67 bits per heavy atom. The van der Waals surface area contributed by atoms with E-state index in [2.05, 4.69) is 18.4 Å². The van der Waals surface area contributed by atoms with Crippen LogP contribution in [0.2, 0.25) is 5.02 Å². The molecule has 0 amide bonds. The molecule has 1 heterocycles. The van der Waals surface area contributed by atoms with Crippen molar-refractivity contribution in [3.63, 3.8) is 0 Å². The third-order valence-electron chi connectivity index (χ3n) is 4.46. The summed E-state index contributed by atoms with van der Waals surface area (Å²) in [5.41, 5.74) is 5.77. The van der Waals surface area contributed by atoms with Crippen molar-refractivity contribution in [1.29, 1.82) is 5.41 Å². The third-order valence-corrected chi connectivity index (χ3v) is 4.78. The Hall–Kier alpha value is -2.11. The van der Waals surface area contributed by atoms with Gasteiger partial charge in [-0.1, -0.05) is 25.4 Å². The quantitative estimate of drug-likeness (QED) is 0.439. The van der Waals surface area contributed by atoms with E-state index in [1.54, 1.807) is 17.6 Å². The Bertz CT molecular complexity index is 852. The smallest absolute Gasteiger partial charge is 0.165 e. The number of benzene rings is 1. The number of hydrogen-bond acceptors (Lipinski definition) is 3. The number of halogens is 1. The Balaban J connectivity index is 2.13. The number of hydrogen-bond donors (Lipinski definition) is 3. The fourth-order valence-electron chi connectivity index (χ4n) is 3.42. The molecule has 1 aliphatic carbocycles. The maximum atomic E-state index is 12.4. The molecule has 0 bridgehead atoms. The Labute approximate surface area is 145 Å². The summed E-state index contributed by atoms with van der Waals surface area (Å²) >= 11 is 6.27. The van der Waals surface area contributed by atoms with Crippen molar-refractivity contribution >= 4 is 23.2 Å². The van der Waals surface area contributed by atoms with Crippen LogP contribution in [-0.4, -0.2) is 21.4 Å². The summed E-state index contributed by atoms with van der Waals surface area (Å²) in [7, 11) is 0. The molecule has 1 aromatic carbocycles. The van der Waals surface area contributed by atoms with Crippen LogP contribution in [-0.2, 0) is 6.42 Å². The molecule has 6 heteroatoms. The van der Waals surface area contributed by atoms with Crippen LogP contribution in [0.4, 0.5) is 0 Å². The summed E-state index contributed by atoms with van der Waals surface area (Å²) in [6.45, 7) is 6.17. The van der Waals surface area contributed by atoms with Crippen LogP contribution in [0.15, 0.2) is 24.3 Å². The normalized spacial score (nSPS) is 16.0. The monoisotopic (exact) mass is 345 g/mol. The van der Waals surface area contributed by atoms with Crippen molar-refractivity contribution in [2.24, 2.45) is 5.41 Å². The number of carbonyl (C=O) groups excluding carboxylic acids is 1. The molecule has 3 rings (SSSR count). The van der Waals surface area contributed by atoms with E-state index in [1.165, 1.54) is 0 Å². The fourth-order valence-corrected chi connectivity index (χ4v) is 3.69. The first-order valence-electron chi connectivity index (χ1n) is 7.77. The summed E-state index contributed by atoms with van der Waals surface area (Å²) in [5, 5.41) is 16.9. The van der Waals surface area contributed by atoms with E-state index < -0.39 is 0 Å². The van der Waals surface area contributed by atoms with E-state index in [0.29, 0.717) is 17.0 Å². The highest BCUT2D eigenvalue weighted by Crippen LogP contribution is 2.37. The Morgan fingerprint density at radius 1 is 1.33 bits per heavy atom. The predicted molar refractivity (Wildman–Crippen MR) is 93.7 cm³/mol. The number of amidine groups is 1. The summed E-state index contributed by atoms with van der Waals surface area (Å²) in [4.78, 5) is 12.4. The lowest BCUT2D eigenvalue weighted by atomic mass is 9.76. The van der Waals surface area contributed by atoms with Crippen LogP contribution in [0, 0.1) is 17.7 Å². The first kappa shape index (κ1) is 16.7. The molecule has 2 aromatic rings. The van der Waals surface area contributed by atoms with Gasteiger partial charge in [-0.05, 0) is 43.0 Å². The zero-order chi connectivity index (χ0) is 17.6. The third kappa shape index (κ3) is 2.74. The minimum atomic E-state index is -0.158. The molecule has 0 unspecified atom stereocenters. The van der Waals surface area contributed by atoms with Gasteiger partial charge in [0.05, 0.1) is 5.02 Å². The maximum Gasteiger partial charge on any atom is 0.165 e. The van der Waals surface area contributed by atoms with Gasteiger partial charge in [0.25, 0.3) is 0 Å². The first-order valence-corrected chi connectivity index (χ1v) is 8.15. The van der Waals surface area contributed by atoms with E-state index in [-0.39, 0.29) is 17.0 Å². The van der Waals surface area contributed by atoms with Gasteiger partial charge in [0, 0.05) is 34.6 Å². The van der Waals surface area contributed by atoms with Crippen LogP contribution in [0.25, 0.3) is 5.69 Å². The van der Waals surface area contributed by atoms with Gasteiger partial charge >= 0.3 is 0 Å². The molecule has 0 radical (unpaired) electrons. The lowest BCUT2D eigenvalue weighted by molar-refractivity contribution is 0.0911. The van der Waals surface area contributed by atoms with Gasteiger partial charge in [-0.15, -0.1) is 0 Å². The average molecular weight is 346 g/mol. The Morgan fingerprint density at radius 2 is 2.04 bits per heavy atom. The zero-order valence-corrected chi connectivity index (χ0v) is 14.7. The summed E-state index contributed by atoms with van der Waals surface area (Å²) < 4.78 is 2.06. The molecule has 1 aliphatic rings. The predicted octanol–water partition coefficient (Wildman–Crippen LogP) is 3.90. The first-order chi connectivity index (χ1) is 11.2. The van der Waals surface area contributed by atoms with E-state index >= 15 is 0 Å². The number of aromatic nitrogens is 1. The number of nitrogens with one attached hydrogen (secondary N) is 2. The standard InChI is InChI=1S/C18H20ClN3O2/c1-10-6-13-15(8-18(2,3)9-16(13)23)22(10)11-4-5-12(14(19)7-11)17(20)21-24/h4-7,24H,8-9H2,1-3H3,(H2,20,21). The van der Waals surface area contributed by atoms with Gasteiger partial charge < -0.3 is 4.57 Å². The molecule has 126 valence electrons. The largest absolute Gasteiger partial charge is 0.317 e. The lowest BCUT2D eigenvalue weighted by Gasteiger charge is -2.30. The molecule has 0 atom stereocenters. The molecular formula is C18H20ClN3O2. The molecule has 1 aromatic heterocycles. The number of nitrogens with zero attached hydrogens (tertiary/aromatic N) is 1. The topological polar surface area (TPSA) is 78.1 Å². The molecule has 5 nitrogen and oxygen atoms in total. The summed E-state index contributed by atoms with van der Waals surface area (Å²) in [6, 6.07) is 7.21. The number of rotatable bonds is 2. The highest BCUT2D eigenvalue weighted by molar-refractivity contribution is 6.34. The zero-order valence-electron chi connectivity index (χ0n) is 13.9. The van der Waals surface area contributed by atoms with Crippen LogP contribution < -0.4 is 5.48 Å². The minimum absolute atomic E-state index is 0.0701. The summed E-state index contributed by atoms with van der Waals surface area (Å²) in [6.07, 6.45) is 1.37. The highest BCUT2D eigenvalue weighted by Gasteiger charge is 2.34. The Kier molecular flexibility index (Phi) is 4.01. The highest BCUT2D eigenvalue weighted by atomic mass is 35.5. The van der Waals surface area contributed by atoms with Crippen molar-refractivity contribution in [2.45, 2.75) is 33.6 Å². The lowest BCUT2D eigenvalue weighted by Crippen LogP contribution is -2.27. The van der Waals surface area contributed by atoms with E-state index in [1.807, 2.05) is 19.1 Å². The van der Waals surface area contributed by atoms with Gasteiger partial charge in [0.15, 0.2) is 11.6 Å². The van der Waals surface area contributed by atoms with E-state index in [0.717, 1.165) is 29.1 Å². The van der Waals surface area contributed by atoms with E-state index in [4.69, 9.17) is 22.2 Å². The number of carbonyl (C=O) groups is 1. The number of aryl methyl sites for hydroxylation is 1. The molecule has 0 spiro atoms. The minimum Gasteiger partial charge on any atom is -0.317 e. The number of Topliss-reactive ketones (excluding diaryl/α,β-unsaturated/α-hetero) is 1. The second-order valence-corrected chi connectivity index (χ2v) is 7.48. The van der Waals surface area contributed by atoms with E-state index in [9.17, 15) is 4.79 Å². The molecule has 0 saturated carbocycles. The fraction of sp³-hybridized carbons (Fsp3) is 0.333. The second kappa shape index (κ2) is 5.76. The maximum absolute atomic E-state index is 12.4. The van der Waals surface area contributed by atoms with Gasteiger partial charge in [0.2, 0.25) is 0 Å². The van der Waals surface area contributed by atoms with Crippen molar-refractivity contribution in [2.75, 3.05) is 0 Å². The molecule has 0 fully saturated rings. The number of hydroxylamine groups is 1. The van der Waals surface area contributed by atoms with Crippen LogP contribution >= 0.6 is 11.6 Å². The van der Waals surface area contributed by atoms with Crippen LogP contribution in [0.1, 0.15) is 47.6 Å². The number of fused-ring (bicyclic) bond motifs is 1. The van der Waals surface area contributed by atoms with Gasteiger partial charge in [-0.2, -0.15) is 0 Å². The molecule has 24 heavy (non-hydrogen) atoms. The molecular weight excluding hydrogens is 326 g/mol. The van der Waals surface area contributed by atoms with Crippen LogP contribution in [0.5, 0.6) is 0 Å². The second-order valence-electron chi connectivity index (χ2n) is 7.07. The average Bonchev–Trinajstić information content (AvgIpc) is 2.81. The van der Waals surface area contributed by atoms with Crippen molar-refractivity contribution in [1.82, 2.24) is 10.0 Å². The molecule has 3 N–H and O–H groups in total. The molecule has 0 saturated heterocycles. The molecule has 0 aliphatic heterocycles. The SMILES string of the molecule is Cc1cc2c(n1-c1ccc(C(=N)NO)c(Cl)c1)CC(C)(C)CC2=O. The van der Waals surface area contributed by atoms with Crippen molar-refractivity contribution in [3.8, 4) is 5.69 Å².